The van der Waals surface area contributed by atoms with Crippen LogP contribution in [0.15, 0.2) is 0 Å². The Morgan fingerprint density at radius 3 is 2.05 bits per heavy atom. The zero-order valence-electron chi connectivity index (χ0n) is 15.3. The van der Waals surface area contributed by atoms with Crippen molar-refractivity contribution < 1.29 is 0 Å². The molecule has 2 aliphatic rings. The third kappa shape index (κ3) is 3.82. The van der Waals surface area contributed by atoms with Gasteiger partial charge in [-0.25, -0.2) is 0 Å². The topological polar surface area (TPSA) is 29.3 Å². The minimum absolute atomic E-state index is 0.201. The van der Waals surface area contributed by atoms with Crippen molar-refractivity contribution in [1.29, 1.82) is 0 Å². The molecule has 2 aliphatic carbocycles. The fraction of sp³-hybridized carbons (Fsp3) is 1.00. The molecule has 0 bridgehead atoms. The molecule has 124 valence electrons. The van der Waals surface area contributed by atoms with E-state index in [1.165, 1.54) is 44.9 Å². The van der Waals surface area contributed by atoms with Crippen molar-refractivity contribution >= 4 is 0 Å². The molecule has 0 amide bonds. The van der Waals surface area contributed by atoms with Crippen molar-refractivity contribution in [2.45, 2.75) is 91.1 Å². The minimum Gasteiger partial charge on any atom is -0.329 e. The van der Waals surface area contributed by atoms with Crippen LogP contribution in [0, 0.1) is 16.7 Å². The molecule has 2 nitrogen and oxygen atoms in total. The van der Waals surface area contributed by atoms with E-state index in [2.05, 4.69) is 46.6 Å². The molecule has 21 heavy (non-hydrogen) atoms. The molecule has 2 N–H and O–H groups in total. The summed E-state index contributed by atoms with van der Waals surface area (Å²) in [6.45, 7) is 13.0. The van der Waals surface area contributed by atoms with E-state index in [1.54, 1.807) is 0 Å². The SMILES string of the molecule is CC1CCCC(N(C)C2(CN)CC(C)(C)CC(C)(C)C2)C1. The highest BCUT2D eigenvalue weighted by atomic mass is 15.2. The van der Waals surface area contributed by atoms with Gasteiger partial charge in [-0.2, -0.15) is 0 Å². The molecule has 2 fully saturated rings. The predicted octanol–water partition coefficient (Wildman–Crippen LogP) is 4.43. The summed E-state index contributed by atoms with van der Waals surface area (Å²) >= 11 is 0. The second-order valence-electron chi connectivity index (χ2n) is 9.82. The van der Waals surface area contributed by atoms with Crippen LogP contribution in [0.1, 0.15) is 79.6 Å². The second kappa shape index (κ2) is 5.85. The molecular weight excluding hydrogens is 256 g/mol. The van der Waals surface area contributed by atoms with E-state index in [1.807, 2.05) is 0 Å². The van der Waals surface area contributed by atoms with Crippen molar-refractivity contribution in [1.82, 2.24) is 4.90 Å². The van der Waals surface area contributed by atoms with Crippen molar-refractivity contribution in [3.05, 3.63) is 0 Å². The Morgan fingerprint density at radius 2 is 1.57 bits per heavy atom. The van der Waals surface area contributed by atoms with Gasteiger partial charge in [0.25, 0.3) is 0 Å². The molecule has 2 atom stereocenters. The minimum atomic E-state index is 0.201. The number of rotatable bonds is 3. The van der Waals surface area contributed by atoms with Crippen LogP contribution in [0.2, 0.25) is 0 Å². The van der Waals surface area contributed by atoms with E-state index in [4.69, 9.17) is 5.73 Å². The molecule has 0 aromatic heterocycles. The lowest BCUT2D eigenvalue weighted by Crippen LogP contribution is -2.62. The average Bonchev–Trinajstić information content (AvgIpc) is 2.34. The van der Waals surface area contributed by atoms with E-state index in [9.17, 15) is 0 Å². The van der Waals surface area contributed by atoms with Gasteiger partial charge < -0.3 is 5.73 Å². The fourth-order valence-electron chi connectivity index (χ4n) is 5.94. The molecule has 2 rings (SSSR count). The summed E-state index contributed by atoms with van der Waals surface area (Å²) in [5.41, 5.74) is 7.38. The quantitative estimate of drug-likeness (QED) is 0.834. The summed E-state index contributed by atoms with van der Waals surface area (Å²) in [6, 6.07) is 0.738. The largest absolute Gasteiger partial charge is 0.329 e. The van der Waals surface area contributed by atoms with Gasteiger partial charge in [0, 0.05) is 18.1 Å². The number of hydrogen-bond acceptors (Lipinski definition) is 2. The fourth-order valence-corrected chi connectivity index (χ4v) is 5.94. The Morgan fingerprint density at radius 1 is 1.00 bits per heavy atom. The van der Waals surface area contributed by atoms with Gasteiger partial charge in [-0.3, -0.25) is 4.90 Å². The van der Waals surface area contributed by atoms with Crippen molar-refractivity contribution in [3.8, 4) is 0 Å². The Labute approximate surface area is 132 Å². The van der Waals surface area contributed by atoms with Crippen LogP contribution >= 0.6 is 0 Å². The highest BCUT2D eigenvalue weighted by molar-refractivity contribution is 5.05. The van der Waals surface area contributed by atoms with Gasteiger partial charge in [0.1, 0.15) is 0 Å². The first-order valence-corrected chi connectivity index (χ1v) is 9.02. The lowest BCUT2D eigenvalue weighted by molar-refractivity contribution is -0.0585. The first kappa shape index (κ1) is 17.3. The Kier molecular flexibility index (Phi) is 4.81. The van der Waals surface area contributed by atoms with Crippen molar-refractivity contribution in [2.24, 2.45) is 22.5 Å². The number of hydrogen-bond donors (Lipinski definition) is 1. The van der Waals surface area contributed by atoms with E-state index in [-0.39, 0.29) is 5.54 Å². The van der Waals surface area contributed by atoms with Crippen LogP contribution in [0.5, 0.6) is 0 Å². The molecule has 2 unspecified atom stereocenters. The van der Waals surface area contributed by atoms with Crippen LogP contribution < -0.4 is 5.73 Å². The summed E-state index contributed by atoms with van der Waals surface area (Å²) in [4.78, 5) is 2.71. The lowest BCUT2D eigenvalue weighted by Gasteiger charge is -2.57. The number of nitrogens with two attached hydrogens (primary N) is 1. The van der Waals surface area contributed by atoms with Crippen molar-refractivity contribution in [2.75, 3.05) is 13.6 Å². The summed E-state index contributed by atoms with van der Waals surface area (Å²) in [5, 5.41) is 0. The molecular formula is C19H38N2. The number of likely N-dealkylation sites (N-methyl/N-ethyl adjacent to an activating group) is 1. The zero-order valence-corrected chi connectivity index (χ0v) is 15.3. The maximum Gasteiger partial charge on any atom is 0.0341 e. The highest BCUT2D eigenvalue weighted by Crippen LogP contribution is 2.52. The molecule has 0 radical (unpaired) electrons. The maximum atomic E-state index is 6.38. The van der Waals surface area contributed by atoms with Gasteiger partial charge in [0.05, 0.1) is 0 Å². The van der Waals surface area contributed by atoms with Crippen LogP contribution in [-0.4, -0.2) is 30.1 Å². The maximum absolute atomic E-state index is 6.38. The number of nitrogens with zero attached hydrogens (tertiary/aromatic N) is 1. The lowest BCUT2D eigenvalue weighted by atomic mass is 9.57. The standard InChI is InChI=1S/C19H38N2/c1-15-8-7-9-16(10-15)21(6)19(14-20)12-17(2,3)11-18(4,5)13-19/h15-16H,7-14,20H2,1-6H3. The smallest absolute Gasteiger partial charge is 0.0341 e. The Hall–Kier alpha value is -0.0800. The van der Waals surface area contributed by atoms with E-state index in [0.717, 1.165) is 18.5 Å². The van der Waals surface area contributed by atoms with Crippen LogP contribution in [0.3, 0.4) is 0 Å². The molecule has 0 heterocycles. The zero-order chi connectivity index (χ0) is 15.9. The van der Waals surface area contributed by atoms with Gasteiger partial charge in [-0.05, 0) is 55.9 Å². The van der Waals surface area contributed by atoms with Crippen LogP contribution in [0.25, 0.3) is 0 Å². The Balaban J connectivity index is 2.23. The average molecular weight is 295 g/mol. The molecule has 0 aromatic rings. The van der Waals surface area contributed by atoms with Crippen molar-refractivity contribution in [3.63, 3.8) is 0 Å². The first-order valence-electron chi connectivity index (χ1n) is 9.02. The highest BCUT2D eigenvalue weighted by Gasteiger charge is 2.50. The van der Waals surface area contributed by atoms with Gasteiger partial charge in [-0.1, -0.05) is 47.5 Å². The van der Waals surface area contributed by atoms with E-state index >= 15 is 0 Å². The van der Waals surface area contributed by atoms with Crippen LogP contribution in [0.4, 0.5) is 0 Å². The molecule has 0 aromatic carbocycles. The summed E-state index contributed by atoms with van der Waals surface area (Å²) in [6.07, 6.45) is 9.35. The Bertz CT molecular complexity index is 343. The first-order chi connectivity index (χ1) is 9.59. The molecule has 2 heteroatoms. The van der Waals surface area contributed by atoms with Crippen LogP contribution in [-0.2, 0) is 0 Å². The monoisotopic (exact) mass is 294 g/mol. The third-order valence-electron chi connectivity index (χ3n) is 6.16. The molecule has 0 aliphatic heterocycles. The second-order valence-corrected chi connectivity index (χ2v) is 9.82. The molecule has 0 spiro atoms. The summed E-state index contributed by atoms with van der Waals surface area (Å²) in [7, 11) is 2.37. The van der Waals surface area contributed by atoms with Gasteiger partial charge in [0.15, 0.2) is 0 Å². The van der Waals surface area contributed by atoms with Gasteiger partial charge in [0.2, 0.25) is 0 Å². The molecule has 2 saturated carbocycles. The summed E-state index contributed by atoms with van der Waals surface area (Å²) < 4.78 is 0. The predicted molar refractivity (Wildman–Crippen MR) is 92.4 cm³/mol. The summed E-state index contributed by atoms with van der Waals surface area (Å²) in [5.74, 6) is 0.880. The normalized spacial score (nSPS) is 34.9. The third-order valence-corrected chi connectivity index (χ3v) is 6.16. The van der Waals surface area contributed by atoms with E-state index < -0.39 is 0 Å². The van der Waals surface area contributed by atoms with E-state index in [0.29, 0.717) is 10.8 Å². The van der Waals surface area contributed by atoms with Gasteiger partial charge in [-0.15, -0.1) is 0 Å². The van der Waals surface area contributed by atoms with Gasteiger partial charge >= 0.3 is 0 Å². The molecule has 0 saturated heterocycles.